The lowest BCUT2D eigenvalue weighted by Crippen LogP contribution is -2.29. The van der Waals surface area contributed by atoms with Gasteiger partial charge in [0.25, 0.3) is 0 Å². The molecule has 2 heterocycles. The van der Waals surface area contributed by atoms with Crippen LogP contribution in [-0.4, -0.2) is 9.97 Å². The molecule has 0 saturated carbocycles. The van der Waals surface area contributed by atoms with Crippen molar-refractivity contribution in [3.8, 4) is 0 Å². The summed E-state index contributed by atoms with van der Waals surface area (Å²) in [5.74, 6) is 5.03. The fourth-order valence-corrected chi connectivity index (χ4v) is 1.61. The number of nitrogens with two attached hydrogens (primary N) is 1. The van der Waals surface area contributed by atoms with Gasteiger partial charge in [0.15, 0.2) is 0 Å². The highest BCUT2D eigenvalue weighted by Crippen LogP contribution is 2.20. The molecule has 0 bridgehead atoms. The minimum absolute atomic E-state index is 0.420. The maximum Gasteiger partial charge on any atom is 0.141 e. The van der Waals surface area contributed by atoms with Crippen LogP contribution in [0.25, 0.3) is 0 Å². The van der Waals surface area contributed by atoms with Crippen LogP contribution in [0.4, 0.5) is 4.39 Å². The SMILES string of the molecule is NNC(c1cncc(F)c1)c1ccc(Cl)cn1. The van der Waals surface area contributed by atoms with Gasteiger partial charge in [0.2, 0.25) is 0 Å². The number of nitrogens with one attached hydrogen (secondary N) is 1. The fraction of sp³-hybridized carbons (Fsp3) is 0.0909. The standard InChI is InChI=1S/C11H10ClFN4/c12-8-1-2-10(16-5-8)11(17-14)7-3-9(13)6-15-4-7/h1-6,11,17H,14H2. The van der Waals surface area contributed by atoms with Crippen molar-refractivity contribution in [1.29, 1.82) is 0 Å². The zero-order valence-corrected chi connectivity index (χ0v) is 9.53. The Bertz CT molecular complexity index is 503. The molecule has 2 rings (SSSR count). The van der Waals surface area contributed by atoms with Crippen LogP contribution in [0.5, 0.6) is 0 Å². The van der Waals surface area contributed by atoms with Crippen LogP contribution in [0.1, 0.15) is 17.3 Å². The second-order valence-electron chi connectivity index (χ2n) is 3.44. The van der Waals surface area contributed by atoms with E-state index in [0.29, 0.717) is 16.3 Å². The summed E-state index contributed by atoms with van der Waals surface area (Å²) in [6, 6.07) is 4.35. The van der Waals surface area contributed by atoms with Crippen molar-refractivity contribution in [3.63, 3.8) is 0 Å². The van der Waals surface area contributed by atoms with Crippen LogP contribution < -0.4 is 11.3 Å². The third-order valence-electron chi connectivity index (χ3n) is 2.27. The van der Waals surface area contributed by atoms with Crippen LogP contribution in [0.2, 0.25) is 5.02 Å². The number of hydrogen-bond acceptors (Lipinski definition) is 4. The Balaban J connectivity index is 2.36. The van der Waals surface area contributed by atoms with Crippen molar-refractivity contribution in [1.82, 2.24) is 15.4 Å². The van der Waals surface area contributed by atoms with Crippen LogP contribution in [0.15, 0.2) is 36.8 Å². The molecule has 0 radical (unpaired) electrons. The summed E-state index contributed by atoms with van der Waals surface area (Å²) in [7, 11) is 0. The summed E-state index contributed by atoms with van der Waals surface area (Å²) in [5, 5.41) is 0.530. The molecule has 0 spiro atoms. The van der Waals surface area contributed by atoms with Crippen LogP contribution in [0, 0.1) is 5.82 Å². The van der Waals surface area contributed by atoms with E-state index < -0.39 is 11.9 Å². The van der Waals surface area contributed by atoms with E-state index in [1.807, 2.05) is 0 Å². The Morgan fingerprint density at radius 3 is 2.71 bits per heavy atom. The van der Waals surface area contributed by atoms with Gasteiger partial charge in [-0.15, -0.1) is 0 Å². The lowest BCUT2D eigenvalue weighted by Gasteiger charge is -2.15. The molecule has 0 aliphatic carbocycles. The molecule has 6 heteroatoms. The highest BCUT2D eigenvalue weighted by molar-refractivity contribution is 6.30. The molecule has 3 N–H and O–H groups in total. The first kappa shape index (κ1) is 11.9. The Morgan fingerprint density at radius 1 is 1.29 bits per heavy atom. The average Bonchev–Trinajstić information content (AvgIpc) is 2.33. The molecule has 2 aromatic rings. The largest absolute Gasteiger partial charge is 0.271 e. The molecule has 0 aliphatic rings. The first-order chi connectivity index (χ1) is 8.20. The van der Waals surface area contributed by atoms with Gasteiger partial charge in [-0.3, -0.25) is 15.8 Å². The minimum atomic E-state index is -0.421. The molecule has 1 atom stereocenters. The smallest absolute Gasteiger partial charge is 0.141 e. The lowest BCUT2D eigenvalue weighted by molar-refractivity contribution is 0.591. The van der Waals surface area contributed by atoms with Crippen LogP contribution in [0.3, 0.4) is 0 Å². The van der Waals surface area contributed by atoms with Gasteiger partial charge >= 0.3 is 0 Å². The van der Waals surface area contributed by atoms with Gasteiger partial charge in [0.05, 0.1) is 23.0 Å². The van der Waals surface area contributed by atoms with Crippen molar-refractivity contribution in [2.45, 2.75) is 6.04 Å². The van der Waals surface area contributed by atoms with Crippen molar-refractivity contribution in [2.75, 3.05) is 0 Å². The Labute approximate surface area is 103 Å². The van der Waals surface area contributed by atoms with Gasteiger partial charge in [-0.2, -0.15) is 0 Å². The van der Waals surface area contributed by atoms with Crippen molar-refractivity contribution in [3.05, 3.63) is 58.9 Å². The van der Waals surface area contributed by atoms with E-state index in [0.717, 1.165) is 6.20 Å². The Morgan fingerprint density at radius 2 is 2.12 bits per heavy atom. The molecule has 0 saturated heterocycles. The van der Waals surface area contributed by atoms with E-state index in [4.69, 9.17) is 17.4 Å². The van der Waals surface area contributed by atoms with Gasteiger partial charge in [-0.25, -0.2) is 9.82 Å². The highest BCUT2D eigenvalue weighted by Gasteiger charge is 2.14. The summed E-state index contributed by atoms with van der Waals surface area (Å²) >= 11 is 5.74. The predicted octanol–water partition coefficient (Wildman–Crippen LogP) is 1.82. The third-order valence-corrected chi connectivity index (χ3v) is 2.50. The summed E-state index contributed by atoms with van der Waals surface area (Å²) in [6.45, 7) is 0. The normalized spacial score (nSPS) is 12.4. The van der Waals surface area contributed by atoms with Crippen LogP contribution >= 0.6 is 11.6 Å². The third kappa shape index (κ3) is 2.76. The molecular weight excluding hydrogens is 243 g/mol. The van der Waals surface area contributed by atoms with Gasteiger partial charge < -0.3 is 0 Å². The maximum atomic E-state index is 13.1. The molecule has 17 heavy (non-hydrogen) atoms. The van der Waals surface area contributed by atoms with E-state index in [2.05, 4.69) is 15.4 Å². The van der Waals surface area contributed by atoms with E-state index in [1.165, 1.54) is 18.5 Å². The topological polar surface area (TPSA) is 63.8 Å². The first-order valence-electron chi connectivity index (χ1n) is 4.88. The second kappa shape index (κ2) is 5.18. The molecular formula is C11H10ClFN4. The second-order valence-corrected chi connectivity index (χ2v) is 3.87. The Hall–Kier alpha value is -1.56. The lowest BCUT2D eigenvalue weighted by atomic mass is 10.1. The van der Waals surface area contributed by atoms with Crippen molar-refractivity contribution < 1.29 is 4.39 Å². The zero-order valence-electron chi connectivity index (χ0n) is 8.77. The number of nitrogens with zero attached hydrogens (tertiary/aromatic N) is 2. The number of halogens is 2. The zero-order chi connectivity index (χ0) is 12.3. The monoisotopic (exact) mass is 252 g/mol. The Kier molecular flexibility index (Phi) is 3.63. The summed E-state index contributed by atoms with van der Waals surface area (Å²) < 4.78 is 13.1. The van der Waals surface area contributed by atoms with Crippen molar-refractivity contribution >= 4 is 11.6 Å². The molecule has 0 aromatic carbocycles. The number of hydrogen-bond donors (Lipinski definition) is 2. The maximum absolute atomic E-state index is 13.1. The molecule has 88 valence electrons. The number of pyridine rings is 2. The number of aromatic nitrogens is 2. The molecule has 0 aliphatic heterocycles. The summed E-state index contributed by atoms with van der Waals surface area (Å²) in [6.07, 6.45) is 4.17. The van der Waals surface area contributed by atoms with Crippen LogP contribution in [-0.2, 0) is 0 Å². The van der Waals surface area contributed by atoms with Gasteiger partial charge in [0, 0.05) is 12.4 Å². The highest BCUT2D eigenvalue weighted by atomic mass is 35.5. The van der Waals surface area contributed by atoms with Gasteiger partial charge in [-0.05, 0) is 23.8 Å². The quantitative estimate of drug-likeness (QED) is 0.646. The molecule has 0 fully saturated rings. The average molecular weight is 253 g/mol. The first-order valence-corrected chi connectivity index (χ1v) is 5.26. The minimum Gasteiger partial charge on any atom is -0.271 e. The van der Waals surface area contributed by atoms with E-state index in [9.17, 15) is 4.39 Å². The summed E-state index contributed by atoms with van der Waals surface area (Å²) in [5.41, 5.74) is 3.81. The molecule has 1 unspecified atom stereocenters. The molecule has 0 amide bonds. The molecule has 4 nitrogen and oxygen atoms in total. The van der Waals surface area contributed by atoms with E-state index in [-0.39, 0.29) is 0 Å². The van der Waals surface area contributed by atoms with E-state index in [1.54, 1.807) is 12.1 Å². The summed E-state index contributed by atoms with van der Waals surface area (Å²) in [4.78, 5) is 7.90. The number of rotatable bonds is 3. The fourth-order valence-electron chi connectivity index (χ4n) is 1.50. The van der Waals surface area contributed by atoms with Gasteiger partial charge in [0.1, 0.15) is 5.82 Å². The number of hydrazine groups is 1. The predicted molar refractivity (Wildman–Crippen MR) is 62.6 cm³/mol. The molecule has 2 aromatic heterocycles. The van der Waals surface area contributed by atoms with E-state index >= 15 is 0 Å². The van der Waals surface area contributed by atoms with Gasteiger partial charge in [-0.1, -0.05) is 11.6 Å². The van der Waals surface area contributed by atoms with Crippen molar-refractivity contribution in [2.24, 2.45) is 5.84 Å².